The maximum atomic E-state index is 11.3. The molecule has 2 aromatic rings. The molecule has 0 saturated heterocycles. The Labute approximate surface area is 151 Å². The number of hydrogen-bond acceptors (Lipinski definition) is 5. The second-order valence-corrected chi connectivity index (χ2v) is 6.55. The Morgan fingerprint density at radius 2 is 1.92 bits per heavy atom. The smallest absolute Gasteiger partial charge is 0.308 e. The molecule has 0 saturated carbocycles. The maximum Gasteiger partial charge on any atom is 0.308 e. The van der Waals surface area contributed by atoms with Crippen LogP contribution in [0.15, 0.2) is 53.5 Å². The molecule has 2 aromatic carbocycles. The highest BCUT2D eigenvalue weighted by atomic mass is 16.6. The molecule has 0 bridgehead atoms. The van der Waals surface area contributed by atoms with Gasteiger partial charge in [0.15, 0.2) is 0 Å². The molecule has 0 aromatic heterocycles. The number of esters is 1. The molecule has 6 nitrogen and oxygen atoms in total. The summed E-state index contributed by atoms with van der Waals surface area (Å²) in [5.41, 5.74) is 2.96. The van der Waals surface area contributed by atoms with Crippen molar-refractivity contribution in [2.24, 2.45) is 4.99 Å². The van der Waals surface area contributed by atoms with Crippen LogP contribution in [0, 0.1) is 10.1 Å². The van der Waals surface area contributed by atoms with Crippen LogP contribution in [0.5, 0.6) is 5.75 Å². The minimum Gasteiger partial charge on any atom is -0.426 e. The van der Waals surface area contributed by atoms with Crippen LogP contribution in [0.3, 0.4) is 0 Å². The number of carbonyl (C=O) groups is 1. The van der Waals surface area contributed by atoms with Crippen LogP contribution < -0.4 is 4.74 Å². The zero-order valence-corrected chi connectivity index (χ0v) is 14.7. The number of nitro groups is 1. The summed E-state index contributed by atoms with van der Waals surface area (Å²) in [6, 6.07) is 12.0. The van der Waals surface area contributed by atoms with Crippen molar-refractivity contribution in [1.82, 2.24) is 0 Å². The molecule has 0 radical (unpaired) electrons. The number of ether oxygens (including phenoxy) is 1. The number of fused-ring (bicyclic) bond motifs is 1. The van der Waals surface area contributed by atoms with Crippen molar-refractivity contribution >= 4 is 29.1 Å². The summed E-state index contributed by atoms with van der Waals surface area (Å²) in [6.45, 7) is 5.43. The molecule has 6 heteroatoms. The minimum atomic E-state index is -0.487. The number of hydrogen-bond donors (Lipinski definition) is 0. The van der Waals surface area contributed by atoms with Gasteiger partial charge < -0.3 is 4.74 Å². The number of para-hydroxylation sites is 1. The lowest BCUT2D eigenvalue weighted by atomic mass is 9.81. The molecule has 0 unspecified atom stereocenters. The van der Waals surface area contributed by atoms with Crippen LogP contribution in [0.2, 0.25) is 0 Å². The lowest BCUT2D eigenvalue weighted by Gasteiger charge is -2.20. The third-order valence-corrected chi connectivity index (χ3v) is 4.34. The lowest BCUT2D eigenvalue weighted by molar-refractivity contribution is -0.384. The van der Waals surface area contributed by atoms with Crippen molar-refractivity contribution in [3.05, 3.63) is 69.8 Å². The first-order chi connectivity index (χ1) is 12.3. The summed E-state index contributed by atoms with van der Waals surface area (Å²) in [6.07, 6.45) is 3.50. The summed E-state index contributed by atoms with van der Waals surface area (Å²) < 4.78 is 5.16. The highest BCUT2D eigenvalue weighted by molar-refractivity contribution is 6.10. The van der Waals surface area contributed by atoms with Gasteiger partial charge in [0.25, 0.3) is 5.69 Å². The van der Waals surface area contributed by atoms with Gasteiger partial charge in [-0.05, 0) is 29.8 Å². The summed E-state index contributed by atoms with van der Waals surface area (Å²) in [5, 5.41) is 11.0. The second kappa shape index (κ2) is 6.55. The number of aliphatic imine (C=N–C) groups is 1. The molecule has 132 valence electrons. The van der Waals surface area contributed by atoms with Crippen LogP contribution in [0.25, 0.3) is 6.08 Å². The number of nitrogens with zero attached hydrogens (tertiary/aromatic N) is 2. The van der Waals surface area contributed by atoms with Gasteiger partial charge in [-0.2, -0.15) is 0 Å². The number of carbonyl (C=O) groups excluding carboxylic acids is 1. The third kappa shape index (κ3) is 3.26. The Balaban J connectivity index is 1.99. The molecule has 1 heterocycles. The molecule has 3 rings (SSSR count). The predicted octanol–water partition coefficient (Wildman–Crippen LogP) is 4.60. The topological polar surface area (TPSA) is 81.8 Å². The van der Waals surface area contributed by atoms with Gasteiger partial charge in [-0.25, -0.2) is 0 Å². The normalized spacial score (nSPS) is 14.8. The van der Waals surface area contributed by atoms with Gasteiger partial charge in [0.05, 0.1) is 16.3 Å². The van der Waals surface area contributed by atoms with E-state index in [0.717, 1.165) is 17.0 Å². The quantitative estimate of drug-likeness (QED) is 0.349. The highest BCUT2D eigenvalue weighted by Gasteiger charge is 2.33. The molecular weight excluding hydrogens is 332 g/mol. The lowest BCUT2D eigenvalue weighted by Crippen LogP contribution is -2.23. The monoisotopic (exact) mass is 350 g/mol. The van der Waals surface area contributed by atoms with Crippen molar-refractivity contribution in [2.75, 3.05) is 0 Å². The van der Waals surface area contributed by atoms with E-state index in [4.69, 9.17) is 4.74 Å². The first-order valence-corrected chi connectivity index (χ1v) is 8.12. The van der Waals surface area contributed by atoms with Crippen molar-refractivity contribution in [3.63, 3.8) is 0 Å². The van der Waals surface area contributed by atoms with E-state index in [-0.39, 0.29) is 16.9 Å². The fourth-order valence-electron chi connectivity index (χ4n) is 2.95. The van der Waals surface area contributed by atoms with E-state index < -0.39 is 10.9 Å². The highest BCUT2D eigenvalue weighted by Crippen LogP contribution is 2.40. The van der Waals surface area contributed by atoms with Crippen molar-refractivity contribution in [2.45, 2.75) is 26.2 Å². The van der Waals surface area contributed by atoms with Gasteiger partial charge in [0.1, 0.15) is 5.75 Å². The van der Waals surface area contributed by atoms with Crippen LogP contribution >= 0.6 is 0 Å². The maximum absolute atomic E-state index is 11.3. The number of allylic oxidation sites excluding steroid dienone is 1. The van der Waals surface area contributed by atoms with E-state index in [1.165, 1.54) is 25.1 Å². The van der Waals surface area contributed by atoms with Crippen LogP contribution in [0.4, 0.5) is 11.4 Å². The van der Waals surface area contributed by atoms with Crippen LogP contribution in [-0.4, -0.2) is 16.6 Å². The Kier molecular flexibility index (Phi) is 4.42. The average molecular weight is 350 g/mol. The number of non-ortho nitro benzene ring substituents is 1. The van der Waals surface area contributed by atoms with Crippen LogP contribution in [-0.2, 0) is 10.2 Å². The Hall–Kier alpha value is -3.28. The summed E-state index contributed by atoms with van der Waals surface area (Å²) in [7, 11) is 0. The Morgan fingerprint density at radius 1 is 1.19 bits per heavy atom. The molecule has 0 spiro atoms. The first kappa shape index (κ1) is 17.5. The molecule has 0 amide bonds. The molecule has 26 heavy (non-hydrogen) atoms. The van der Waals surface area contributed by atoms with Gasteiger partial charge in [-0.1, -0.05) is 32.0 Å². The fourth-order valence-corrected chi connectivity index (χ4v) is 2.95. The Bertz CT molecular complexity index is 958. The van der Waals surface area contributed by atoms with E-state index in [1.807, 2.05) is 30.3 Å². The molecule has 1 aliphatic heterocycles. The summed E-state index contributed by atoms with van der Waals surface area (Å²) in [4.78, 5) is 26.5. The average Bonchev–Trinajstić information content (AvgIpc) is 2.84. The van der Waals surface area contributed by atoms with Gasteiger partial charge in [0, 0.05) is 30.0 Å². The predicted molar refractivity (Wildman–Crippen MR) is 100 cm³/mol. The van der Waals surface area contributed by atoms with Crippen LogP contribution in [0.1, 0.15) is 31.9 Å². The van der Waals surface area contributed by atoms with Crippen molar-refractivity contribution < 1.29 is 14.5 Å². The number of rotatable bonds is 4. The fraction of sp³-hybridized carbons (Fsp3) is 0.200. The molecule has 0 aliphatic carbocycles. The summed E-state index contributed by atoms with van der Waals surface area (Å²) >= 11 is 0. The van der Waals surface area contributed by atoms with Crippen molar-refractivity contribution in [3.8, 4) is 5.75 Å². The minimum absolute atomic E-state index is 0.0727. The summed E-state index contributed by atoms with van der Waals surface area (Å²) in [5.74, 6) is -0.215. The number of benzene rings is 2. The zero-order chi connectivity index (χ0) is 18.9. The van der Waals surface area contributed by atoms with Gasteiger partial charge >= 0.3 is 5.97 Å². The van der Waals surface area contributed by atoms with Gasteiger partial charge in [-0.15, -0.1) is 0 Å². The van der Waals surface area contributed by atoms with E-state index in [1.54, 1.807) is 6.08 Å². The molecule has 0 fully saturated rings. The van der Waals surface area contributed by atoms with Crippen molar-refractivity contribution in [1.29, 1.82) is 0 Å². The van der Waals surface area contributed by atoms with E-state index in [0.29, 0.717) is 5.56 Å². The van der Waals surface area contributed by atoms with E-state index in [2.05, 4.69) is 18.8 Å². The van der Waals surface area contributed by atoms with E-state index >= 15 is 0 Å². The SMILES string of the molecule is CC(=O)Oc1ccc([N+](=O)[O-])cc1/C=C/C1=Nc2ccccc2C1(C)C. The zero-order valence-electron chi connectivity index (χ0n) is 14.7. The Morgan fingerprint density at radius 3 is 2.58 bits per heavy atom. The molecular formula is C20H18N2O4. The number of nitro benzene ring substituents is 1. The molecule has 0 N–H and O–H groups in total. The van der Waals surface area contributed by atoms with Gasteiger partial charge in [0.2, 0.25) is 0 Å². The first-order valence-electron chi connectivity index (χ1n) is 8.12. The molecule has 1 aliphatic rings. The standard InChI is InChI=1S/C20H18N2O4/c1-13(23)26-18-10-9-15(22(24)25)12-14(18)8-11-19-20(2,3)16-6-4-5-7-17(16)21-19/h4-12H,1-3H3/b11-8+. The second-order valence-electron chi connectivity index (χ2n) is 6.55. The molecule has 0 atom stereocenters. The van der Waals surface area contributed by atoms with Gasteiger partial charge in [-0.3, -0.25) is 19.9 Å². The largest absolute Gasteiger partial charge is 0.426 e. The third-order valence-electron chi connectivity index (χ3n) is 4.34. The van der Waals surface area contributed by atoms with E-state index in [9.17, 15) is 14.9 Å².